The summed E-state index contributed by atoms with van der Waals surface area (Å²) in [5.74, 6) is -1.45. The van der Waals surface area contributed by atoms with Crippen molar-refractivity contribution in [2.75, 3.05) is 0 Å². The van der Waals surface area contributed by atoms with Gasteiger partial charge in [-0.1, -0.05) is 33.6 Å². The zero-order chi connectivity index (χ0) is 10.3. The van der Waals surface area contributed by atoms with Crippen LogP contribution in [0.4, 0.5) is 4.39 Å². The van der Waals surface area contributed by atoms with Gasteiger partial charge in [0.1, 0.15) is 0 Å². The molecule has 0 saturated carbocycles. The maximum Gasteiger partial charge on any atom is 0.206 e. The monoisotopic (exact) mass is 190 g/mol. The first-order valence-corrected chi connectivity index (χ1v) is 5.39. The lowest BCUT2D eigenvalue weighted by molar-refractivity contribution is -0.105. The Balaban J connectivity index is 3.54. The van der Waals surface area contributed by atoms with Crippen molar-refractivity contribution in [3.05, 3.63) is 0 Å². The van der Waals surface area contributed by atoms with Crippen molar-refractivity contribution in [2.24, 2.45) is 5.92 Å². The van der Waals surface area contributed by atoms with E-state index in [0.29, 0.717) is 12.3 Å². The molecule has 0 rings (SSSR count). The molecule has 0 spiro atoms. The van der Waals surface area contributed by atoms with Crippen molar-refractivity contribution in [3.8, 4) is 0 Å². The topological polar surface area (TPSA) is 20.2 Å². The van der Waals surface area contributed by atoms with Gasteiger partial charge in [-0.25, -0.2) is 4.39 Å². The predicted molar refractivity (Wildman–Crippen MR) is 54.3 cm³/mol. The van der Waals surface area contributed by atoms with E-state index in [9.17, 15) is 9.50 Å². The highest BCUT2D eigenvalue weighted by Gasteiger charge is 2.24. The number of unbranched alkanes of at least 4 members (excludes halogenated alkanes) is 2. The maximum absolute atomic E-state index is 13.3. The zero-order valence-corrected chi connectivity index (χ0v) is 9.15. The van der Waals surface area contributed by atoms with Gasteiger partial charge in [-0.2, -0.15) is 0 Å². The first-order valence-electron chi connectivity index (χ1n) is 5.39. The minimum atomic E-state index is -1.92. The van der Waals surface area contributed by atoms with Gasteiger partial charge in [0.15, 0.2) is 0 Å². The van der Waals surface area contributed by atoms with Crippen molar-refractivity contribution >= 4 is 0 Å². The van der Waals surface area contributed by atoms with Crippen molar-refractivity contribution in [1.29, 1.82) is 0 Å². The van der Waals surface area contributed by atoms with Gasteiger partial charge in [0, 0.05) is 12.8 Å². The lowest BCUT2D eigenvalue weighted by Crippen LogP contribution is -2.22. The fourth-order valence-electron chi connectivity index (χ4n) is 1.28. The van der Waals surface area contributed by atoms with Crippen LogP contribution in [0.25, 0.3) is 0 Å². The van der Waals surface area contributed by atoms with E-state index in [0.717, 1.165) is 25.7 Å². The molecular formula is C11H23FO. The van der Waals surface area contributed by atoms with Crippen molar-refractivity contribution in [2.45, 2.75) is 65.2 Å². The van der Waals surface area contributed by atoms with Gasteiger partial charge in [-0.15, -0.1) is 0 Å². The minimum Gasteiger partial charge on any atom is -0.362 e. The number of hydrogen-bond acceptors (Lipinski definition) is 1. The molecule has 0 aromatic rings. The highest BCUT2D eigenvalue weighted by Crippen LogP contribution is 2.24. The molecule has 1 nitrogen and oxygen atoms in total. The molecule has 0 amide bonds. The molecule has 0 radical (unpaired) electrons. The Labute approximate surface area is 81.3 Å². The Morgan fingerprint density at radius 2 is 1.85 bits per heavy atom. The highest BCUT2D eigenvalue weighted by molar-refractivity contribution is 4.66. The van der Waals surface area contributed by atoms with Crippen LogP contribution in [-0.2, 0) is 0 Å². The molecule has 13 heavy (non-hydrogen) atoms. The predicted octanol–water partition coefficient (Wildman–Crippen LogP) is 3.66. The van der Waals surface area contributed by atoms with Gasteiger partial charge < -0.3 is 5.11 Å². The second-order valence-electron chi connectivity index (χ2n) is 4.31. The summed E-state index contributed by atoms with van der Waals surface area (Å²) in [7, 11) is 0. The quantitative estimate of drug-likeness (QED) is 0.607. The Morgan fingerprint density at radius 3 is 2.31 bits per heavy atom. The Bertz CT molecular complexity index is 121. The molecule has 0 saturated heterocycles. The van der Waals surface area contributed by atoms with Gasteiger partial charge in [0.05, 0.1) is 0 Å². The molecule has 1 unspecified atom stereocenters. The van der Waals surface area contributed by atoms with E-state index < -0.39 is 5.85 Å². The van der Waals surface area contributed by atoms with Crippen molar-refractivity contribution in [1.82, 2.24) is 0 Å². The first kappa shape index (κ1) is 12.9. The van der Waals surface area contributed by atoms with Crippen LogP contribution < -0.4 is 0 Å². The van der Waals surface area contributed by atoms with E-state index >= 15 is 0 Å². The molecule has 0 aromatic carbocycles. The summed E-state index contributed by atoms with van der Waals surface area (Å²) in [5.41, 5.74) is 0. The summed E-state index contributed by atoms with van der Waals surface area (Å²) < 4.78 is 13.3. The minimum absolute atomic E-state index is 0.286. The zero-order valence-electron chi connectivity index (χ0n) is 9.15. The molecule has 80 valence electrons. The van der Waals surface area contributed by atoms with E-state index in [-0.39, 0.29) is 6.42 Å². The van der Waals surface area contributed by atoms with E-state index in [2.05, 4.69) is 6.92 Å². The summed E-state index contributed by atoms with van der Waals surface area (Å²) in [6.45, 7) is 6.16. The number of aliphatic hydroxyl groups is 1. The number of hydrogen-bond donors (Lipinski definition) is 1. The lowest BCUT2D eigenvalue weighted by atomic mass is 9.99. The summed E-state index contributed by atoms with van der Waals surface area (Å²) in [6.07, 6.45) is 4.22. The Morgan fingerprint density at radius 1 is 1.23 bits per heavy atom. The molecule has 0 aliphatic heterocycles. The maximum atomic E-state index is 13.3. The molecule has 1 atom stereocenters. The van der Waals surface area contributed by atoms with Crippen LogP contribution in [0.3, 0.4) is 0 Å². The van der Waals surface area contributed by atoms with Gasteiger partial charge >= 0.3 is 0 Å². The highest BCUT2D eigenvalue weighted by atomic mass is 19.2. The molecule has 0 fully saturated rings. The molecule has 0 heterocycles. The average Bonchev–Trinajstić information content (AvgIpc) is 2.02. The van der Waals surface area contributed by atoms with Crippen LogP contribution in [0.1, 0.15) is 59.3 Å². The fraction of sp³-hybridized carbons (Fsp3) is 1.00. The Kier molecular flexibility index (Phi) is 6.31. The fourth-order valence-corrected chi connectivity index (χ4v) is 1.28. The third kappa shape index (κ3) is 8.23. The molecular weight excluding hydrogens is 167 g/mol. The summed E-state index contributed by atoms with van der Waals surface area (Å²) in [6, 6.07) is 0. The van der Waals surface area contributed by atoms with Crippen LogP contribution in [0.15, 0.2) is 0 Å². The van der Waals surface area contributed by atoms with Crippen LogP contribution in [0.5, 0.6) is 0 Å². The van der Waals surface area contributed by atoms with E-state index in [4.69, 9.17) is 0 Å². The van der Waals surface area contributed by atoms with E-state index in [1.54, 1.807) is 0 Å². The van der Waals surface area contributed by atoms with Gasteiger partial charge in [0.25, 0.3) is 0 Å². The van der Waals surface area contributed by atoms with E-state index in [1.807, 2.05) is 13.8 Å². The molecule has 2 heteroatoms. The molecule has 0 aliphatic rings. The SMILES string of the molecule is CCCCCC(O)(F)CCC(C)C. The van der Waals surface area contributed by atoms with Crippen molar-refractivity contribution in [3.63, 3.8) is 0 Å². The second-order valence-corrected chi connectivity index (χ2v) is 4.31. The van der Waals surface area contributed by atoms with Crippen LogP contribution in [0.2, 0.25) is 0 Å². The van der Waals surface area contributed by atoms with E-state index in [1.165, 1.54) is 0 Å². The summed E-state index contributed by atoms with van der Waals surface area (Å²) >= 11 is 0. The molecule has 1 N–H and O–H groups in total. The summed E-state index contributed by atoms with van der Waals surface area (Å²) in [5, 5.41) is 9.32. The van der Waals surface area contributed by atoms with Crippen molar-refractivity contribution < 1.29 is 9.50 Å². The summed E-state index contributed by atoms with van der Waals surface area (Å²) in [4.78, 5) is 0. The van der Waals surface area contributed by atoms with Crippen LogP contribution in [0, 0.1) is 5.92 Å². The van der Waals surface area contributed by atoms with Crippen LogP contribution in [-0.4, -0.2) is 11.0 Å². The lowest BCUT2D eigenvalue weighted by Gasteiger charge is -2.19. The van der Waals surface area contributed by atoms with Crippen LogP contribution >= 0.6 is 0 Å². The standard InChI is InChI=1S/C11H23FO/c1-4-5-6-8-11(12,13)9-7-10(2)3/h10,13H,4-9H2,1-3H3. The smallest absolute Gasteiger partial charge is 0.206 e. The first-order chi connectivity index (χ1) is 5.98. The third-order valence-electron chi connectivity index (χ3n) is 2.27. The Hall–Kier alpha value is -0.110. The number of halogens is 1. The average molecular weight is 190 g/mol. The molecule has 0 bridgehead atoms. The van der Waals surface area contributed by atoms with Gasteiger partial charge in [0.2, 0.25) is 5.85 Å². The molecule has 0 aliphatic carbocycles. The second kappa shape index (κ2) is 6.36. The number of rotatable bonds is 7. The molecule has 0 aromatic heterocycles. The largest absolute Gasteiger partial charge is 0.362 e. The van der Waals surface area contributed by atoms with Gasteiger partial charge in [-0.05, 0) is 18.8 Å². The normalized spacial score (nSPS) is 16.2. The third-order valence-corrected chi connectivity index (χ3v) is 2.27. The van der Waals surface area contributed by atoms with Gasteiger partial charge in [-0.3, -0.25) is 0 Å². The number of alkyl halides is 1.